The van der Waals surface area contributed by atoms with Crippen LogP contribution in [0.15, 0.2) is 6.20 Å². The van der Waals surface area contributed by atoms with Crippen molar-refractivity contribution in [1.29, 1.82) is 0 Å². The Morgan fingerprint density at radius 3 is 2.67 bits per heavy atom. The Labute approximate surface area is 96.5 Å². The number of nitrogens with one attached hydrogen (secondary N) is 1. The number of aromatic nitrogens is 1. The highest BCUT2D eigenvalue weighted by Crippen LogP contribution is 2.18. The number of hydrogen-bond acceptors (Lipinski definition) is 4. The van der Waals surface area contributed by atoms with Crippen molar-refractivity contribution in [2.75, 3.05) is 31.5 Å². The highest BCUT2D eigenvalue weighted by Gasteiger charge is 2.03. The molecule has 86 valence electrons. The monoisotopic (exact) mass is 227 g/mol. The minimum absolute atomic E-state index is 0.947. The Bertz CT molecular complexity index is 269. The predicted molar refractivity (Wildman–Crippen MR) is 67.8 cm³/mol. The highest BCUT2D eigenvalue weighted by molar-refractivity contribution is 7.15. The van der Waals surface area contributed by atoms with Gasteiger partial charge in [0.25, 0.3) is 0 Å². The number of rotatable bonds is 7. The van der Waals surface area contributed by atoms with Crippen LogP contribution in [-0.4, -0.2) is 36.1 Å². The van der Waals surface area contributed by atoms with Gasteiger partial charge in [-0.15, -0.1) is 11.3 Å². The van der Waals surface area contributed by atoms with E-state index >= 15 is 0 Å². The second-order valence-corrected chi connectivity index (χ2v) is 4.55. The van der Waals surface area contributed by atoms with Crippen LogP contribution < -0.4 is 5.32 Å². The van der Waals surface area contributed by atoms with Crippen LogP contribution in [0.1, 0.15) is 25.6 Å². The molecule has 0 saturated carbocycles. The van der Waals surface area contributed by atoms with Crippen molar-refractivity contribution in [3.63, 3.8) is 0 Å². The molecule has 0 saturated heterocycles. The van der Waals surface area contributed by atoms with Crippen molar-refractivity contribution < 1.29 is 0 Å². The van der Waals surface area contributed by atoms with Crippen molar-refractivity contribution >= 4 is 16.5 Å². The molecule has 0 aliphatic rings. The van der Waals surface area contributed by atoms with E-state index < -0.39 is 0 Å². The topological polar surface area (TPSA) is 28.2 Å². The van der Waals surface area contributed by atoms with Crippen molar-refractivity contribution in [1.82, 2.24) is 9.88 Å². The van der Waals surface area contributed by atoms with Crippen LogP contribution in [0.5, 0.6) is 0 Å². The molecule has 0 unspecified atom stereocenters. The SMILES string of the molecule is CCNc1ncc(CCN(CC)CC)s1. The lowest BCUT2D eigenvalue weighted by Gasteiger charge is -2.16. The van der Waals surface area contributed by atoms with Crippen molar-refractivity contribution in [2.45, 2.75) is 27.2 Å². The van der Waals surface area contributed by atoms with Gasteiger partial charge in [0, 0.05) is 24.2 Å². The number of anilines is 1. The van der Waals surface area contributed by atoms with Crippen LogP contribution >= 0.6 is 11.3 Å². The average Bonchev–Trinajstić information content (AvgIpc) is 2.68. The highest BCUT2D eigenvalue weighted by atomic mass is 32.1. The third-order valence-electron chi connectivity index (χ3n) is 2.45. The number of nitrogens with zero attached hydrogens (tertiary/aromatic N) is 2. The average molecular weight is 227 g/mol. The molecule has 1 rings (SSSR count). The summed E-state index contributed by atoms with van der Waals surface area (Å²) in [5, 5.41) is 4.29. The lowest BCUT2D eigenvalue weighted by Crippen LogP contribution is -2.25. The lowest BCUT2D eigenvalue weighted by molar-refractivity contribution is 0.308. The van der Waals surface area contributed by atoms with Gasteiger partial charge in [0.1, 0.15) is 0 Å². The third-order valence-corrected chi connectivity index (χ3v) is 3.47. The minimum Gasteiger partial charge on any atom is -0.362 e. The molecule has 0 atom stereocenters. The third kappa shape index (κ3) is 4.18. The number of likely N-dealkylation sites (N-methyl/N-ethyl adjacent to an activating group) is 1. The molecule has 1 aromatic rings. The molecular weight excluding hydrogens is 206 g/mol. The molecule has 1 N–H and O–H groups in total. The molecule has 1 heterocycles. The fourth-order valence-electron chi connectivity index (χ4n) is 1.46. The van der Waals surface area contributed by atoms with E-state index in [9.17, 15) is 0 Å². The van der Waals surface area contributed by atoms with Gasteiger partial charge in [0.2, 0.25) is 0 Å². The molecule has 0 radical (unpaired) electrons. The summed E-state index contributed by atoms with van der Waals surface area (Å²) in [4.78, 5) is 8.13. The Kier molecular flexibility index (Phi) is 5.65. The fraction of sp³-hybridized carbons (Fsp3) is 0.727. The van der Waals surface area contributed by atoms with Crippen LogP contribution in [0.2, 0.25) is 0 Å². The van der Waals surface area contributed by atoms with Gasteiger partial charge < -0.3 is 10.2 Å². The van der Waals surface area contributed by atoms with E-state index in [1.165, 1.54) is 4.88 Å². The Morgan fingerprint density at radius 1 is 1.33 bits per heavy atom. The van der Waals surface area contributed by atoms with Crippen molar-refractivity contribution in [2.24, 2.45) is 0 Å². The molecule has 0 aliphatic carbocycles. The molecule has 3 nitrogen and oxygen atoms in total. The molecule has 0 aliphatic heterocycles. The quantitative estimate of drug-likeness (QED) is 0.775. The molecule has 0 amide bonds. The molecule has 0 spiro atoms. The summed E-state index contributed by atoms with van der Waals surface area (Å²) >= 11 is 1.77. The molecule has 15 heavy (non-hydrogen) atoms. The first-order valence-corrected chi connectivity index (χ1v) is 6.52. The maximum Gasteiger partial charge on any atom is 0.182 e. The predicted octanol–water partition coefficient (Wildman–Crippen LogP) is 2.46. The molecule has 1 aromatic heterocycles. The second kappa shape index (κ2) is 6.80. The summed E-state index contributed by atoms with van der Waals surface area (Å²) in [6.07, 6.45) is 3.11. The summed E-state index contributed by atoms with van der Waals surface area (Å²) in [5.41, 5.74) is 0. The minimum atomic E-state index is 0.947. The summed E-state index contributed by atoms with van der Waals surface area (Å²) in [7, 11) is 0. The first-order chi connectivity index (χ1) is 7.30. The van der Waals surface area contributed by atoms with E-state index in [4.69, 9.17) is 0 Å². The van der Waals surface area contributed by atoms with Crippen molar-refractivity contribution in [3.8, 4) is 0 Å². The van der Waals surface area contributed by atoms with E-state index in [2.05, 4.69) is 36.0 Å². The van der Waals surface area contributed by atoms with Gasteiger partial charge in [-0.3, -0.25) is 0 Å². The van der Waals surface area contributed by atoms with E-state index in [0.717, 1.165) is 37.7 Å². The van der Waals surface area contributed by atoms with Crippen molar-refractivity contribution in [3.05, 3.63) is 11.1 Å². The Hall–Kier alpha value is -0.610. The molecular formula is C11H21N3S. The maximum atomic E-state index is 4.32. The van der Waals surface area contributed by atoms with E-state index in [0.29, 0.717) is 0 Å². The number of hydrogen-bond donors (Lipinski definition) is 1. The van der Waals surface area contributed by atoms with Crippen LogP contribution in [0, 0.1) is 0 Å². The zero-order valence-corrected chi connectivity index (χ0v) is 10.7. The fourth-order valence-corrected chi connectivity index (χ4v) is 2.33. The van der Waals surface area contributed by atoms with Crippen LogP contribution in [0.3, 0.4) is 0 Å². The first kappa shape index (κ1) is 12.5. The first-order valence-electron chi connectivity index (χ1n) is 5.71. The summed E-state index contributed by atoms with van der Waals surface area (Å²) in [6, 6.07) is 0. The van der Waals surface area contributed by atoms with E-state index in [1.807, 2.05) is 6.20 Å². The lowest BCUT2D eigenvalue weighted by atomic mass is 10.3. The van der Waals surface area contributed by atoms with Gasteiger partial charge in [0.15, 0.2) is 5.13 Å². The normalized spacial score (nSPS) is 10.9. The molecule has 0 fully saturated rings. The van der Waals surface area contributed by atoms with Gasteiger partial charge in [0.05, 0.1) is 0 Å². The number of thiazole rings is 1. The maximum absolute atomic E-state index is 4.32. The van der Waals surface area contributed by atoms with Crippen LogP contribution in [0.4, 0.5) is 5.13 Å². The van der Waals surface area contributed by atoms with Gasteiger partial charge in [-0.2, -0.15) is 0 Å². The van der Waals surface area contributed by atoms with E-state index in [1.54, 1.807) is 11.3 Å². The van der Waals surface area contributed by atoms with E-state index in [-0.39, 0.29) is 0 Å². The van der Waals surface area contributed by atoms with Gasteiger partial charge in [-0.05, 0) is 26.4 Å². The summed E-state index contributed by atoms with van der Waals surface area (Å²) < 4.78 is 0. The second-order valence-electron chi connectivity index (χ2n) is 3.44. The standard InChI is InChI=1S/C11H21N3S/c1-4-12-11-13-9-10(15-11)7-8-14(5-2)6-3/h9H,4-8H2,1-3H3,(H,12,13). The summed E-state index contributed by atoms with van der Waals surface area (Å²) in [5.74, 6) is 0. The molecule has 0 aromatic carbocycles. The molecule has 0 bridgehead atoms. The Balaban J connectivity index is 2.36. The molecule has 4 heteroatoms. The summed E-state index contributed by atoms with van der Waals surface area (Å²) in [6.45, 7) is 10.9. The smallest absolute Gasteiger partial charge is 0.182 e. The zero-order valence-electron chi connectivity index (χ0n) is 9.92. The largest absolute Gasteiger partial charge is 0.362 e. The van der Waals surface area contributed by atoms with Crippen LogP contribution in [-0.2, 0) is 6.42 Å². The zero-order chi connectivity index (χ0) is 11.1. The van der Waals surface area contributed by atoms with Crippen LogP contribution in [0.25, 0.3) is 0 Å². The van der Waals surface area contributed by atoms with Gasteiger partial charge in [-0.25, -0.2) is 4.98 Å². The Morgan fingerprint density at radius 2 is 2.07 bits per heavy atom. The van der Waals surface area contributed by atoms with Gasteiger partial charge in [-0.1, -0.05) is 13.8 Å². The van der Waals surface area contributed by atoms with Gasteiger partial charge >= 0.3 is 0 Å².